The quantitative estimate of drug-likeness (QED) is 0.619. The van der Waals surface area contributed by atoms with Crippen LogP contribution in [0.4, 0.5) is 4.39 Å². The molecule has 28 heavy (non-hydrogen) atoms. The first-order valence-electron chi connectivity index (χ1n) is 8.39. The number of aromatic nitrogens is 1. The molecule has 8 heteroatoms. The third-order valence-electron chi connectivity index (χ3n) is 4.41. The number of rotatable bonds is 3. The van der Waals surface area contributed by atoms with E-state index in [-0.39, 0.29) is 11.4 Å². The molecule has 0 amide bonds. The molecule has 0 bridgehead atoms. The Morgan fingerprint density at radius 3 is 2.68 bits per heavy atom. The number of esters is 1. The van der Waals surface area contributed by atoms with Crippen molar-refractivity contribution in [2.45, 2.75) is 13.0 Å². The van der Waals surface area contributed by atoms with Crippen LogP contribution in [0.2, 0.25) is 0 Å². The van der Waals surface area contributed by atoms with Gasteiger partial charge in [0.15, 0.2) is 4.80 Å². The number of benzene rings is 1. The summed E-state index contributed by atoms with van der Waals surface area (Å²) in [6, 6.07) is 9.07. The van der Waals surface area contributed by atoms with Crippen molar-refractivity contribution in [3.8, 4) is 0 Å². The highest BCUT2D eigenvalue weighted by Crippen LogP contribution is 2.32. The van der Waals surface area contributed by atoms with Gasteiger partial charge in [-0.1, -0.05) is 29.5 Å². The van der Waals surface area contributed by atoms with E-state index in [4.69, 9.17) is 4.74 Å². The van der Waals surface area contributed by atoms with E-state index in [9.17, 15) is 14.0 Å². The Morgan fingerprint density at radius 2 is 2.04 bits per heavy atom. The van der Waals surface area contributed by atoms with Gasteiger partial charge in [0.05, 0.1) is 22.9 Å². The van der Waals surface area contributed by atoms with Crippen molar-refractivity contribution in [1.82, 2.24) is 4.57 Å². The van der Waals surface area contributed by atoms with Gasteiger partial charge in [0.1, 0.15) is 11.9 Å². The van der Waals surface area contributed by atoms with Crippen LogP contribution >= 0.6 is 22.7 Å². The zero-order valence-electron chi connectivity index (χ0n) is 15.0. The highest BCUT2D eigenvalue weighted by atomic mass is 32.1. The van der Waals surface area contributed by atoms with E-state index in [1.165, 1.54) is 46.5 Å². The number of fused-ring (bicyclic) bond motifs is 1. The predicted molar refractivity (Wildman–Crippen MR) is 107 cm³/mol. The Morgan fingerprint density at radius 1 is 1.29 bits per heavy atom. The van der Waals surface area contributed by atoms with Crippen LogP contribution in [-0.4, -0.2) is 17.6 Å². The number of allylic oxidation sites excluding steroid dienone is 1. The van der Waals surface area contributed by atoms with Crippen molar-refractivity contribution in [3.63, 3.8) is 0 Å². The van der Waals surface area contributed by atoms with Gasteiger partial charge in [-0.3, -0.25) is 9.36 Å². The number of hydrogen-bond donors (Lipinski definition) is 0. The smallest absolute Gasteiger partial charge is 0.338 e. The van der Waals surface area contributed by atoms with Crippen molar-refractivity contribution >= 4 is 34.7 Å². The first-order valence-corrected chi connectivity index (χ1v) is 10.1. The van der Waals surface area contributed by atoms with E-state index in [0.29, 0.717) is 26.2 Å². The number of halogens is 1. The van der Waals surface area contributed by atoms with Crippen LogP contribution in [0.1, 0.15) is 23.4 Å². The van der Waals surface area contributed by atoms with E-state index in [1.54, 1.807) is 25.1 Å². The molecule has 142 valence electrons. The zero-order chi connectivity index (χ0) is 19.8. The SMILES string of the molecule is COC(=O)C1=C(C)N=c2s/c(=C/c3ccc(F)cc3)c(=O)n2[C@@H]1c1cccs1. The van der Waals surface area contributed by atoms with E-state index in [2.05, 4.69) is 4.99 Å². The molecule has 1 aliphatic heterocycles. The maximum absolute atomic E-state index is 13.2. The van der Waals surface area contributed by atoms with Gasteiger partial charge in [-0.05, 0) is 42.1 Å². The fourth-order valence-electron chi connectivity index (χ4n) is 3.12. The molecular weight excluding hydrogens is 399 g/mol. The number of nitrogens with zero attached hydrogens (tertiary/aromatic N) is 2. The van der Waals surface area contributed by atoms with Gasteiger partial charge in [0.2, 0.25) is 0 Å². The zero-order valence-corrected chi connectivity index (χ0v) is 16.6. The molecular formula is C20H15FN2O3S2. The third kappa shape index (κ3) is 3.14. The Kier molecular flexibility index (Phi) is 4.82. The van der Waals surface area contributed by atoms with Gasteiger partial charge in [0, 0.05) is 4.88 Å². The Hall–Kier alpha value is -2.84. The second kappa shape index (κ2) is 7.29. The van der Waals surface area contributed by atoms with Crippen molar-refractivity contribution in [2.75, 3.05) is 7.11 Å². The summed E-state index contributed by atoms with van der Waals surface area (Å²) in [5.74, 6) is -0.845. The standard InChI is InChI=1S/C20H15FN2O3S2/c1-11-16(19(25)26-2)17(14-4-3-9-27-14)23-18(24)15(28-20(23)22-11)10-12-5-7-13(21)8-6-12/h3-10,17H,1-2H3/b15-10+/t17-/m1/s1. The largest absolute Gasteiger partial charge is 0.466 e. The average molecular weight is 414 g/mol. The molecule has 3 heterocycles. The summed E-state index contributed by atoms with van der Waals surface area (Å²) in [5.41, 5.74) is 1.34. The molecule has 0 fully saturated rings. The van der Waals surface area contributed by atoms with Gasteiger partial charge in [-0.2, -0.15) is 0 Å². The summed E-state index contributed by atoms with van der Waals surface area (Å²) in [4.78, 5) is 31.5. The molecule has 0 saturated carbocycles. The molecule has 0 saturated heterocycles. The van der Waals surface area contributed by atoms with Crippen LogP contribution in [-0.2, 0) is 9.53 Å². The topological polar surface area (TPSA) is 60.7 Å². The first kappa shape index (κ1) is 18.5. The monoisotopic (exact) mass is 414 g/mol. The molecule has 0 unspecified atom stereocenters. The van der Waals surface area contributed by atoms with Gasteiger partial charge in [-0.25, -0.2) is 14.2 Å². The molecule has 0 radical (unpaired) electrons. The summed E-state index contributed by atoms with van der Waals surface area (Å²) in [5, 5.41) is 1.90. The maximum atomic E-state index is 13.2. The maximum Gasteiger partial charge on any atom is 0.338 e. The molecule has 2 aromatic heterocycles. The lowest BCUT2D eigenvalue weighted by atomic mass is 10.0. The number of methoxy groups -OCH3 is 1. The molecule has 0 N–H and O–H groups in total. The lowest BCUT2D eigenvalue weighted by Gasteiger charge is -2.22. The molecule has 1 atom stereocenters. The number of hydrogen-bond acceptors (Lipinski definition) is 6. The molecule has 1 aliphatic rings. The fraction of sp³-hybridized carbons (Fsp3) is 0.150. The number of thiophene rings is 1. The predicted octanol–water partition coefficient (Wildman–Crippen LogP) is 2.61. The van der Waals surface area contributed by atoms with Crippen molar-refractivity contribution in [2.24, 2.45) is 4.99 Å². The molecule has 5 nitrogen and oxygen atoms in total. The molecule has 0 spiro atoms. The number of ether oxygens (including phenoxy) is 1. The summed E-state index contributed by atoms with van der Waals surface area (Å²) < 4.78 is 20.1. The Balaban J connectivity index is 1.96. The van der Waals surface area contributed by atoms with Gasteiger partial charge in [0.25, 0.3) is 5.56 Å². The van der Waals surface area contributed by atoms with Gasteiger partial charge >= 0.3 is 5.97 Å². The second-order valence-corrected chi connectivity index (χ2v) is 8.13. The summed E-state index contributed by atoms with van der Waals surface area (Å²) in [6.45, 7) is 1.74. The van der Waals surface area contributed by atoms with Crippen LogP contribution < -0.4 is 14.9 Å². The van der Waals surface area contributed by atoms with Crippen molar-refractivity contribution < 1.29 is 13.9 Å². The summed E-state index contributed by atoms with van der Waals surface area (Å²) in [7, 11) is 1.31. The first-order chi connectivity index (χ1) is 13.5. The molecule has 4 rings (SSSR count). The van der Waals surface area contributed by atoms with E-state index >= 15 is 0 Å². The van der Waals surface area contributed by atoms with Crippen LogP contribution in [0, 0.1) is 5.82 Å². The van der Waals surface area contributed by atoms with Crippen LogP contribution in [0.5, 0.6) is 0 Å². The summed E-state index contributed by atoms with van der Waals surface area (Å²) >= 11 is 2.70. The van der Waals surface area contributed by atoms with Gasteiger partial charge in [-0.15, -0.1) is 11.3 Å². The van der Waals surface area contributed by atoms with E-state index in [0.717, 1.165) is 4.88 Å². The van der Waals surface area contributed by atoms with E-state index < -0.39 is 12.0 Å². The van der Waals surface area contributed by atoms with Crippen LogP contribution in [0.3, 0.4) is 0 Å². The minimum Gasteiger partial charge on any atom is -0.466 e. The number of thiazole rings is 1. The minimum atomic E-state index is -0.584. The average Bonchev–Trinajstić information content (AvgIpc) is 3.31. The second-order valence-electron chi connectivity index (χ2n) is 6.14. The fourth-order valence-corrected chi connectivity index (χ4v) is 4.99. The van der Waals surface area contributed by atoms with Crippen molar-refractivity contribution in [1.29, 1.82) is 0 Å². The molecule has 3 aromatic rings. The van der Waals surface area contributed by atoms with Crippen LogP contribution in [0.25, 0.3) is 6.08 Å². The van der Waals surface area contributed by atoms with Crippen molar-refractivity contribution in [3.05, 3.63) is 89.0 Å². The number of carbonyl (C=O) groups excluding carboxylic acids is 1. The Bertz CT molecular complexity index is 1250. The molecule has 0 aliphatic carbocycles. The van der Waals surface area contributed by atoms with Crippen LogP contribution in [0.15, 0.2) is 62.8 Å². The van der Waals surface area contributed by atoms with Gasteiger partial charge < -0.3 is 4.74 Å². The molecule has 1 aromatic carbocycles. The normalized spacial score (nSPS) is 16.7. The highest BCUT2D eigenvalue weighted by Gasteiger charge is 2.33. The highest BCUT2D eigenvalue weighted by molar-refractivity contribution is 7.10. The lowest BCUT2D eigenvalue weighted by Crippen LogP contribution is -2.39. The number of carbonyl (C=O) groups is 1. The Labute approximate surface area is 167 Å². The lowest BCUT2D eigenvalue weighted by molar-refractivity contribution is -0.136. The minimum absolute atomic E-state index is 0.250. The van der Waals surface area contributed by atoms with E-state index in [1.807, 2.05) is 17.5 Å². The summed E-state index contributed by atoms with van der Waals surface area (Å²) in [6.07, 6.45) is 1.70. The third-order valence-corrected chi connectivity index (χ3v) is 6.32.